The number of nitrogens with one attached hydrogen (secondary N) is 9. The molecule has 0 radical (unpaired) electrons. The number of rotatable bonds is 5. The second kappa shape index (κ2) is 40.5. The number of piperidine rings is 1. The fourth-order valence-electron chi connectivity index (χ4n) is 17.2. The van der Waals surface area contributed by atoms with Crippen LogP contribution in [0.2, 0.25) is 5.02 Å². The van der Waals surface area contributed by atoms with Gasteiger partial charge in [0.2, 0.25) is 0 Å². The van der Waals surface area contributed by atoms with Crippen LogP contribution >= 0.6 is 11.6 Å². The van der Waals surface area contributed by atoms with Crippen LogP contribution in [-0.2, 0) is 61.3 Å². The molecule has 0 aliphatic carbocycles. The highest BCUT2D eigenvalue weighted by molar-refractivity contribution is 6.32. The van der Waals surface area contributed by atoms with Gasteiger partial charge in [-0.25, -0.2) is 4.39 Å². The lowest BCUT2D eigenvalue weighted by atomic mass is 9.75. The third kappa shape index (κ3) is 25.9. The van der Waals surface area contributed by atoms with E-state index >= 15 is 0 Å². The van der Waals surface area contributed by atoms with Gasteiger partial charge in [0.15, 0.2) is 0 Å². The van der Waals surface area contributed by atoms with Crippen molar-refractivity contribution in [1.29, 1.82) is 0 Å². The van der Waals surface area contributed by atoms with Gasteiger partial charge >= 0.3 is 6.18 Å². The van der Waals surface area contributed by atoms with Crippen molar-refractivity contribution in [2.75, 3.05) is 19.6 Å². The quantitative estimate of drug-likeness (QED) is 0.0781. The maximum Gasteiger partial charge on any atom is 0.416 e. The van der Waals surface area contributed by atoms with Crippen LogP contribution in [0.5, 0.6) is 0 Å². The molecule has 16 aromatic rings. The smallest absolute Gasteiger partial charge is 0.361 e. The molecule has 17 heteroatoms. The first-order valence-electron chi connectivity index (χ1n) is 47.0. The summed E-state index contributed by atoms with van der Waals surface area (Å²) in [6, 6.07) is 48.4. The van der Waals surface area contributed by atoms with E-state index in [2.05, 4.69) is 303 Å². The molecule has 0 atom stereocenters. The second-order valence-electron chi connectivity index (χ2n) is 45.5. The van der Waals surface area contributed by atoms with Gasteiger partial charge in [-0.05, 0) is 298 Å². The average Bonchev–Trinajstić information content (AvgIpc) is 1.46. The Hall–Kier alpha value is -11.0. The van der Waals surface area contributed by atoms with Crippen molar-refractivity contribution in [2.45, 2.75) is 295 Å². The number of aromatic amines is 8. The van der Waals surface area contributed by atoms with Crippen LogP contribution in [0, 0.1) is 18.7 Å². The van der Waals surface area contributed by atoms with E-state index in [1.807, 2.05) is 105 Å². The van der Waals surface area contributed by atoms with Crippen LogP contribution in [0.25, 0.3) is 87.2 Å². The highest BCUT2D eigenvalue weighted by atomic mass is 35.5. The predicted molar refractivity (Wildman–Crippen MR) is 556 cm³/mol. The zero-order valence-corrected chi connectivity index (χ0v) is 85.4. The molecule has 9 N–H and O–H groups in total. The van der Waals surface area contributed by atoms with Crippen LogP contribution in [0.1, 0.15) is 314 Å². The Balaban J connectivity index is 0.000000157. The monoisotopic (exact) mass is 1810 g/mol. The molecular weight excluding hydrogens is 1660 g/mol. The number of halogens is 5. The second-order valence-corrected chi connectivity index (χ2v) is 45.9. The number of amides is 2. The Morgan fingerprint density at radius 1 is 0.364 bits per heavy atom. The van der Waals surface area contributed by atoms with Gasteiger partial charge in [-0.2, -0.15) is 13.2 Å². The van der Waals surface area contributed by atoms with Crippen molar-refractivity contribution in [2.24, 2.45) is 5.92 Å². The maximum atomic E-state index is 13.7. The van der Waals surface area contributed by atoms with Gasteiger partial charge in [0, 0.05) is 156 Å². The van der Waals surface area contributed by atoms with Gasteiger partial charge in [-0.1, -0.05) is 231 Å². The first-order valence-corrected chi connectivity index (χ1v) is 47.3. The van der Waals surface area contributed by atoms with Crippen LogP contribution in [0.15, 0.2) is 195 Å². The van der Waals surface area contributed by atoms with Crippen LogP contribution in [-0.4, -0.2) is 76.2 Å². The van der Waals surface area contributed by atoms with Gasteiger partial charge in [-0.15, -0.1) is 0 Å². The number of carbonyl (C=O) groups excluding carboxylic acids is 2. The average molecular weight is 1810 g/mol. The molecule has 1 aliphatic heterocycles. The zero-order chi connectivity index (χ0) is 97.7. The summed E-state index contributed by atoms with van der Waals surface area (Å²) in [6.07, 6.45) is 15.7. The molecule has 17 rings (SSSR count). The molecule has 132 heavy (non-hydrogen) atoms. The van der Waals surface area contributed by atoms with Crippen molar-refractivity contribution in [3.8, 4) is 0 Å². The highest BCUT2D eigenvalue weighted by Gasteiger charge is 2.38. The van der Waals surface area contributed by atoms with E-state index < -0.39 is 17.2 Å². The van der Waals surface area contributed by atoms with Crippen molar-refractivity contribution < 1.29 is 27.2 Å². The van der Waals surface area contributed by atoms with E-state index in [-0.39, 0.29) is 61.0 Å². The predicted octanol–water partition coefficient (Wildman–Crippen LogP) is 32.7. The van der Waals surface area contributed by atoms with Crippen molar-refractivity contribution in [3.05, 3.63) is 284 Å². The van der Waals surface area contributed by atoms with Crippen molar-refractivity contribution in [3.63, 3.8) is 0 Å². The molecule has 2 amide bonds. The maximum absolute atomic E-state index is 13.7. The lowest BCUT2D eigenvalue weighted by molar-refractivity contribution is -0.138. The minimum atomic E-state index is -4.31. The summed E-state index contributed by atoms with van der Waals surface area (Å²) in [7, 11) is 0. The summed E-state index contributed by atoms with van der Waals surface area (Å²) >= 11 is 6.23. The fourth-order valence-corrected chi connectivity index (χ4v) is 17.6. The van der Waals surface area contributed by atoms with Crippen molar-refractivity contribution in [1.82, 2.24) is 50.1 Å². The summed E-state index contributed by atoms with van der Waals surface area (Å²) in [6.45, 7) is 69.2. The number of fused-ring (bicyclic) bond motifs is 8. The number of hydrogen-bond acceptors (Lipinski definition) is 2. The lowest BCUT2D eigenvalue weighted by Crippen LogP contribution is -2.36. The van der Waals surface area contributed by atoms with E-state index in [1.54, 1.807) is 45.2 Å². The molecule has 1 saturated heterocycles. The summed E-state index contributed by atoms with van der Waals surface area (Å²) < 4.78 is 52.7. The Labute approximate surface area is 787 Å². The number of aromatic nitrogens is 8. The van der Waals surface area contributed by atoms with Crippen LogP contribution < -0.4 is 5.32 Å². The Kier molecular flexibility index (Phi) is 31.6. The third-order valence-corrected chi connectivity index (χ3v) is 24.8. The number of aryl methyl sites for hydroxylation is 2. The molecular formula is C115H149ClF4N10O2. The van der Waals surface area contributed by atoms with Crippen LogP contribution in [0.4, 0.5) is 17.6 Å². The van der Waals surface area contributed by atoms with Gasteiger partial charge in [0.05, 0.1) is 5.56 Å². The molecule has 9 heterocycles. The Bertz CT molecular complexity index is 6320. The molecule has 0 saturated carbocycles. The zero-order valence-electron chi connectivity index (χ0n) is 84.7. The van der Waals surface area contributed by atoms with E-state index in [4.69, 9.17) is 11.6 Å². The normalized spacial score (nSPS) is 13.2. The summed E-state index contributed by atoms with van der Waals surface area (Å²) in [4.78, 5) is 53.0. The summed E-state index contributed by atoms with van der Waals surface area (Å²) in [5.41, 5.74) is 23.1. The summed E-state index contributed by atoms with van der Waals surface area (Å²) in [5.74, 6) is 0.548. The topological polar surface area (TPSA) is 176 Å². The number of nitrogens with zero attached hydrogens (tertiary/aromatic N) is 1. The van der Waals surface area contributed by atoms with E-state index in [0.29, 0.717) is 23.4 Å². The number of H-pyrrole nitrogens is 8. The van der Waals surface area contributed by atoms with E-state index in [1.165, 1.54) is 89.5 Å². The Morgan fingerprint density at radius 2 is 0.689 bits per heavy atom. The molecule has 0 unspecified atom stereocenters. The molecule has 12 nitrogen and oxygen atoms in total. The molecule has 1 fully saturated rings. The van der Waals surface area contributed by atoms with Crippen LogP contribution in [0.3, 0.4) is 0 Å². The molecule has 1 aliphatic rings. The number of benzene rings is 8. The minimum absolute atomic E-state index is 0.0201. The molecule has 8 aromatic heterocycles. The lowest BCUT2D eigenvalue weighted by Gasteiger charge is -2.30. The van der Waals surface area contributed by atoms with Crippen molar-refractivity contribution >= 4 is 111 Å². The standard InChI is InChI=1S/C18H24N2O.C17H24N2O.C16H23N.C14H19N.C13H14F3N.C13H17N.C12H14ClN.C12H14FN/c1-18(2,3)15-12-16-13(7-8-19-16)11-14(15)17(21)20-9-5-4-6-10-20;1-11(2)10-19-16(20)13-8-12-6-7-18-15(12)9-14(13)17(3,4)5;1-15(2,3)12-9-11-7-8-17-14(11)10-13(12)16(4,5)6;1-5-10-8-11-6-7-15-13(11)9-12(10)14(2,3)4;1-12(2,3)9-7-11-8(4-5-17-11)6-10(9)13(14,15)16;1-9-8-14-11-7-5-6-10(12(9)11)13(2,3)4;2*1-12(2,3)9-7-11-8(4-5-14-11)6-10(9)13/h7-8,11-12,19H,4-6,9-10H2,1-3H3;6-9,11,18H,10H2,1-5H3,(H,19,20);7-10,17H,1-6H3;6-9,15H,5H2,1-4H3;4-7,17H,1-3H3;5-8,14H,1-4H3;2*4-7,14H,1-3H3. The third-order valence-electron chi connectivity index (χ3n) is 24.5. The number of likely N-dealkylation sites (tertiary alicyclic amines) is 1. The van der Waals surface area contributed by atoms with Gasteiger partial charge in [0.25, 0.3) is 11.8 Å². The fraction of sp³-hybridized carbons (Fsp3) is 0.426. The Morgan fingerprint density at radius 3 is 1.08 bits per heavy atom. The van der Waals surface area contributed by atoms with E-state index in [9.17, 15) is 27.2 Å². The minimum Gasteiger partial charge on any atom is -0.361 e. The number of hydrogen-bond donors (Lipinski definition) is 9. The highest BCUT2D eigenvalue weighted by Crippen LogP contribution is 2.43. The van der Waals surface area contributed by atoms with E-state index in [0.717, 1.165) is 109 Å². The molecule has 8 aromatic carbocycles. The first-order chi connectivity index (χ1) is 61.1. The van der Waals surface area contributed by atoms with Gasteiger partial charge in [-0.3, -0.25) is 9.59 Å². The summed E-state index contributed by atoms with van der Waals surface area (Å²) in [5, 5.41) is 12.8. The van der Waals surface area contributed by atoms with Gasteiger partial charge in [0.1, 0.15) is 5.82 Å². The number of alkyl halides is 3. The molecule has 706 valence electrons. The molecule has 0 spiro atoms. The SMILES string of the molecule is CC(C)(C)c1cc2[nH]ccc2cc1C(=O)N1CCCCC1.CC(C)(C)c1cc2[nH]ccc2cc1C(F)(F)F.CC(C)(C)c1cc2[nH]ccc2cc1Cl.CC(C)(C)c1cc2[nH]ccc2cc1F.CC(C)(C)c1cc2cc[nH]c2cc1C(C)(C)C.CC(C)CNC(=O)c1cc2cc[nH]c2cc1C(C)(C)C.CCc1cc2cc[nH]c2cc1C(C)(C)C.Cc1c[nH]c2cccc(C(C)(C)C)c12. The van der Waals surface area contributed by atoms with Gasteiger partial charge < -0.3 is 50.1 Å². The number of carbonyl (C=O) groups is 2. The first kappa shape index (κ1) is 103. The molecule has 0 bridgehead atoms. The largest absolute Gasteiger partial charge is 0.416 e.